The molecule has 0 unspecified atom stereocenters. The molecule has 42 valence electrons. The molecule has 0 fully saturated rings. The van der Waals surface area contributed by atoms with Gasteiger partial charge in [-0.05, 0) is 0 Å². The summed E-state index contributed by atoms with van der Waals surface area (Å²) in [5, 5.41) is 0. The highest BCUT2D eigenvalue weighted by Gasteiger charge is 2.09. The Hall–Kier alpha value is -0.180. The summed E-state index contributed by atoms with van der Waals surface area (Å²) in [7, 11) is -4.03. The van der Waals surface area contributed by atoms with Crippen LogP contribution in [-0.2, 0) is 9.36 Å². The molecule has 2 N–H and O–H groups in total. The van der Waals surface area contributed by atoms with Gasteiger partial charge in [0.1, 0.15) is 12.4 Å². The molecule has 0 aliphatic rings. The molecule has 0 radical (unpaired) electrons. The molecule has 0 amide bonds. The van der Waals surface area contributed by atoms with E-state index in [1.165, 1.54) is 0 Å². The quantitative estimate of drug-likeness (QED) is 0.379. The Morgan fingerprint density at radius 1 is 1.57 bits per heavy atom. The number of rotatable bonds is 2. The number of carbonyl (C=O) groups is 1. The van der Waals surface area contributed by atoms with Crippen molar-refractivity contribution in [2.24, 2.45) is 0 Å². The standard InChI is InChI=1S/C2H5O4P/c3-1-2-7(4,5)6/h1H,2H2,(H2,4,5,6). The van der Waals surface area contributed by atoms with E-state index in [0.29, 0.717) is 0 Å². The second-order valence-corrected chi connectivity index (χ2v) is 2.71. The van der Waals surface area contributed by atoms with Gasteiger partial charge in [0.2, 0.25) is 0 Å². The van der Waals surface area contributed by atoms with Crippen molar-refractivity contribution < 1.29 is 19.1 Å². The van der Waals surface area contributed by atoms with Crippen molar-refractivity contribution in [3.05, 3.63) is 0 Å². The maximum absolute atomic E-state index is 9.69. The third kappa shape index (κ3) is 5.82. The highest BCUT2D eigenvalue weighted by atomic mass is 31.2. The summed E-state index contributed by atoms with van der Waals surface area (Å²) in [6.07, 6.45) is -0.478. The van der Waals surface area contributed by atoms with Crippen LogP contribution in [0.1, 0.15) is 0 Å². The highest BCUT2D eigenvalue weighted by Crippen LogP contribution is 2.31. The van der Waals surface area contributed by atoms with Crippen LogP contribution in [0.15, 0.2) is 0 Å². The molecule has 0 saturated carbocycles. The Balaban J connectivity index is 3.57. The van der Waals surface area contributed by atoms with E-state index in [1.807, 2.05) is 0 Å². The van der Waals surface area contributed by atoms with Gasteiger partial charge in [-0.15, -0.1) is 0 Å². The first-order valence-electron chi connectivity index (χ1n) is 1.54. The zero-order valence-corrected chi connectivity index (χ0v) is 4.34. The fraction of sp³-hybridized carbons (Fsp3) is 0.500. The lowest BCUT2D eigenvalue weighted by Crippen LogP contribution is -1.85. The maximum Gasteiger partial charge on any atom is 0.332 e. The molecule has 0 aliphatic carbocycles. The molecule has 0 saturated heterocycles. The summed E-state index contributed by atoms with van der Waals surface area (Å²) in [5.41, 5.74) is 0. The molecule has 0 bridgehead atoms. The first-order valence-corrected chi connectivity index (χ1v) is 3.34. The van der Waals surface area contributed by atoms with Gasteiger partial charge in [-0.1, -0.05) is 0 Å². The topological polar surface area (TPSA) is 74.6 Å². The smallest absolute Gasteiger partial charge is 0.324 e. The molecule has 0 aromatic rings. The summed E-state index contributed by atoms with van der Waals surface area (Å²) >= 11 is 0. The fourth-order valence-electron chi connectivity index (χ4n) is 0.0971. The largest absolute Gasteiger partial charge is 0.332 e. The first kappa shape index (κ1) is 6.82. The van der Waals surface area contributed by atoms with E-state index in [4.69, 9.17) is 9.79 Å². The lowest BCUT2D eigenvalue weighted by molar-refractivity contribution is -0.106. The molecule has 0 atom stereocenters. The summed E-state index contributed by atoms with van der Waals surface area (Å²) in [4.78, 5) is 25.1. The van der Waals surface area contributed by atoms with Crippen molar-refractivity contribution in [1.29, 1.82) is 0 Å². The van der Waals surface area contributed by atoms with E-state index in [1.54, 1.807) is 0 Å². The van der Waals surface area contributed by atoms with Crippen molar-refractivity contribution in [2.45, 2.75) is 0 Å². The Morgan fingerprint density at radius 2 is 2.00 bits per heavy atom. The third-order valence-corrected chi connectivity index (χ3v) is 0.937. The van der Waals surface area contributed by atoms with E-state index < -0.39 is 13.8 Å². The number of aldehydes is 1. The third-order valence-electron chi connectivity index (χ3n) is 0.312. The van der Waals surface area contributed by atoms with Crippen LogP contribution in [0.4, 0.5) is 0 Å². The maximum atomic E-state index is 9.69. The van der Waals surface area contributed by atoms with Crippen molar-refractivity contribution in [3.63, 3.8) is 0 Å². The molecular weight excluding hydrogens is 119 g/mol. The predicted octanol–water partition coefficient (Wildman–Crippen LogP) is -0.637. The minimum absolute atomic E-state index is 0.195. The van der Waals surface area contributed by atoms with Crippen LogP contribution in [0.3, 0.4) is 0 Å². The van der Waals surface area contributed by atoms with Crippen molar-refractivity contribution >= 4 is 13.9 Å². The van der Waals surface area contributed by atoms with Gasteiger partial charge in [-0.2, -0.15) is 0 Å². The van der Waals surface area contributed by atoms with Crippen LogP contribution in [0.2, 0.25) is 0 Å². The zero-order chi connectivity index (χ0) is 5.91. The second-order valence-electron chi connectivity index (χ2n) is 1.01. The molecule has 4 nitrogen and oxygen atoms in total. The van der Waals surface area contributed by atoms with E-state index >= 15 is 0 Å². The van der Waals surface area contributed by atoms with Crippen LogP contribution in [0.25, 0.3) is 0 Å². The molecule has 0 rings (SSSR count). The number of hydrogen-bond donors (Lipinski definition) is 2. The Kier molecular flexibility index (Phi) is 2.15. The van der Waals surface area contributed by atoms with E-state index in [2.05, 4.69) is 0 Å². The van der Waals surface area contributed by atoms with Crippen molar-refractivity contribution in [3.8, 4) is 0 Å². The number of carbonyl (C=O) groups excluding carboxylic acids is 1. The highest BCUT2D eigenvalue weighted by molar-refractivity contribution is 7.52. The second kappa shape index (κ2) is 2.21. The lowest BCUT2D eigenvalue weighted by Gasteiger charge is -1.92. The van der Waals surface area contributed by atoms with Crippen molar-refractivity contribution in [2.75, 3.05) is 6.16 Å². The summed E-state index contributed by atoms with van der Waals surface area (Å²) < 4.78 is 9.69. The fourth-order valence-corrected chi connectivity index (χ4v) is 0.291. The summed E-state index contributed by atoms with van der Waals surface area (Å²) in [6, 6.07) is 0. The molecule has 7 heavy (non-hydrogen) atoms. The molecule has 0 aliphatic heterocycles. The molecule has 0 aromatic heterocycles. The van der Waals surface area contributed by atoms with Gasteiger partial charge in [0.15, 0.2) is 0 Å². The SMILES string of the molecule is O=CCP(=O)(O)O. The predicted molar refractivity (Wildman–Crippen MR) is 23.0 cm³/mol. The van der Waals surface area contributed by atoms with Gasteiger partial charge in [-0.3, -0.25) is 4.57 Å². The Labute approximate surface area is 40.3 Å². The summed E-state index contributed by atoms with van der Waals surface area (Å²) in [5.74, 6) is 0. The van der Waals surface area contributed by atoms with Crippen LogP contribution in [0.5, 0.6) is 0 Å². The lowest BCUT2D eigenvalue weighted by atomic mass is 10.9. The van der Waals surface area contributed by atoms with Gasteiger partial charge in [-0.25, -0.2) is 0 Å². The first-order chi connectivity index (χ1) is 3.06. The minimum atomic E-state index is -4.03. The van der Waals surface area contributed by atoms with Gasteiger partial charge in [0.25, 0.3) is 0 Å². The monoisotopic (exact) mass is 124 g/mol. The van der Waals surface area contributed by atoms with Crippen molar-refractivity contribution in [1.82, 2.24) is 0 Å². The van der Waals surface area contributed by atoms with Gasteiger partial charge >= 0.3 is 7.60 Å². The van der Waals surface area contributed by atoms with Gasteiger partial charge in [0.05, 0.1) is 0 Å². The van der Waals surface area contributed by atoms with Crippen LogP contribution >= 0.6 is 7.60 Å². The molecule has 0 aromatic carbocycles. The van der Waals surface area contributed by atoms with Gasteiger partial charge < -0.3 is 14.6 Å². The average Bonchev–Trinajstić information content (AvgIpc) is 1.30. The van der Waals surface area contributed by atoms with E-state index in [-0.39, 0.29) is 6.29 Å². The number of hydrogen-bond acceptors (Lipinski definition) is 2. The molecule has 0 heterocycles. The van der Waals surface area contributed by atoms with E-state index in [9.17, 15) is 9.36 Å². The molecular formula is C2H5O4P. The van der Waals surface area contributed by atoms with Crippen LogP contribution < -0.4 is 0 Å². The zero-order valence-electron chi connectivity index (χ0n) is 3.44. The van der Waals surface area contributed by atoms with E-state index in [0.717, 1.165) is 0 Å². The Bertz CT molecular complexity index is 102. The van der Waals surface area contributed by atoms with Crippen LogP contribution in [0, 0.1) is 0 Å². The summed E-state index contributed by atoms with van der Waals surface area (Å²) in [6.45, 7) is 0. The average molecular weight is 124 g/mol. The Morgan fingerprint density at radius 3 is 2.00 bits per heavy atom. The molecule has 5 heteroatoms. The normalized spacial score (nSPS) is 11.1. The van der Waals surface area contributed by atoms with Gasteiger partial charge in [0, 0.05) is 0 Å². The minimum Gasteiger partial charge on any atom is -0.324 e. The molecule has 0 spiro atoms. The van der Waals surface area contributed by atoms with Crippen LogP contribution in [-0.4, -0.2) is 22.2 Å².